The maximum Gasteiger partial charge on any atom is 0.417 e. The minimum Gasteiger partial charge on any atom is -0.349 e. The Hall–Kier alpha value is -1.76. The number of piperidine rings is 1. The van der Waals surface area contributed by atoms with Crippen LogP contribution in [0.1, 0.15) is 42.9 Å². The lowest BCUT2D eigenvalue weighted by Crippen LogP contribution is -2.44. The number of fused-ring (bicyclic) bond motifs is 2. The van der Waals surface area contributed by atoms with E-state index >= 15 is 0 Å². The number of alkyl halides is 3. The highest BCUT2D eigenvalue weighted by Crippen LogP contribution is 2.45. The zero-order valence-electron chi connectivity index (χ0n) is 13.7. The average molecular weight is 371 g/mol. The molecule has 4 nitrogen and oxygen atoms in total. The highest BCUT2D eigenvalue weighted by atomic mass is 35.5. The zero-order valence-corrected chi connectivity index (χ0v) is 14.4. The Morgan fingerprint density at radius 1 is 1.12 bits per heavy atom. The Balaban J connectivity index is 1.59. The first-order valence-corrected chi connectivity index (χ1v) is 8.72. The Morgan fingerprint density at radius 2 is 1.80 bits per heavy atom. The van der Waals surface area contributed by atoms with Crippen molar-refractivity contribution in [3.8, 4) is 0 Å². The van der Waals surface area contributed by atoms with Crippen LogP contribution in [0, 0.1) is 6.92 Å². The Kier molecular flexibility index (Phi) is 3.94. The highest BCUT2D eigenvalue weighted by molar-refractivity contribution is 6.33. The predicted octanol–water partition coefficient (Wildman–Crippen LogP) is 4.63. The standard InChI is InChI=1S/C17H18ClF3N4/c1-10-7-23-24(9-10)14-5-12-2-3-13(6-14)25(12)16-15(18)4-11(8-22-16)17(19,20)21/h4,7-9,12-14H,2-3,5-6H2,1H3. The maximum absolute atomic E-state index is 12.8. The van der Waals surface area contributed by atoms with Gasteiger partial charge in [-0.25, -0.2) is 4.98 Å². The topological polar surface area (TPSA) is 34.0 Å². The molecule has 4 rings (SSSR count). The summed E-state index contributed by atoms with van der Waals surface area (Å²) in [4.78, 5) is 6.18. The van der Waals surface area contributed by atoms with Gasteiger partial charge in [0.05, 0.1) is 22.8 Å². The number of hydrogen-bond acceptors (Lipinski definition) is 3. The fraction of sp³-hybridized carbons (Fsp3) is 0.529. The van der Waals surface area contributed by atoms with E-state index in [0.29, 0.717) is 11.9 Å². The number of rotatable bonds is 2. The molecule has 2 atom stereocenters. The summed E-state index contributed by atoms with van der Waals surface area (Å²) < 4.78 is 40.5. The van der Waals surface area contributed by atoms with E-state index in [9.17, 15) is 13.2 Å². The third-order valence-corrected chi connectivity index (χ3v) is 5.48. The maximum atomic E-state index is 12.8. The van der Waals surface area contributed by atoms with Crippen LogP contribution in [0.3, 0.4) is 0 Å². The molecule has 2 aromatic rings. The molecule has 2 bridgehead atoms. The van der Waals surface area contributed by atoms with Gasteiger partial charge in [0.1, 0.15) is 5.82 Å². The average Bonchev–Trinajstić information content (AvgIpc) is 3.07. The van der Waals surface area contributed by atoms with Crippen LogP contribution >= 0.6 is 11.6 Å². The van der Waals surface area contributed by atoms with Gasteiger partial charge in [0, 0.05) is 24.5 Å². The van der Waals surface area contributed by atoms with Gasteiger partial charge < -0.3 is 4.90 Å². The first kappa shape index (κ1) is 16.7. The Bertz CT molecular complexity index is 774. The molecule has 2 aliphatic rings. The van der Waals surface area contributed by atoms with Gasteiger partial charge in [0.25, 0.3) is 0 Å². The summed E-state index contributed by atoms with van der Waals surface area (Å²) in [6.45, 7) is 2.01. The van der Waals surface area contributed by atoms with Crippen molar-refractivity contribution in [2.75, 3.05) is 4.90 Å². The Morgan fingerprint density at radius 3 is 2.32 bits per heavy atom. The van der Waals surface area contributed by atoms with Crippen molar-refractivity contribution < 1.29 is 13.2 Å². The molecular formula is C17H18ClF3N4. The molecule has 2 fully saturated rings. The second-order valence-electron chi connectivity index (χ2n) is 6.94. The van der Waals surface area contributed by atoms with E-state index in [4.69, 9.17) is 11.6 Å². The van der Waals surface area contributed by atoms with Crippen LogP contribution in [0.25, 0.3) is 0 Å². The van der Waals surface area contributed by atoms with Crippen molar-refractivity contribution in [3.05, 3.63) is 40.8 Å². The molecule has 2 aliphatic heterocycles. The number of aryl methyl sites for hydroxylation is 1. The first-order valence-electron chi connectivity index (χ1n) is 8.35. The fourth-order valence-electron chi connectivity index (χ4n) is 4.12. The summed E-state index contributed by atoms with van der Waals surface area (Å²) in [6.07, 6.45) is 4.14. The van der Waals surface area contributed by atoms with Gasteiger partial charge in [-0.05, 0) is 44.2 Å². The van der Waals surface area contributed by atoms with Crippen LogP contribution in [-0.2, 0) is 6.18 Å². The van der Waals surface area contributed by atoms with Crippen molar-refractivity contribution in [3.63, 3.8) is 0 Å². The molecule has 0 radical (unpaired) electrons. The molecule has 2 unspecified atom stereocenters. The summed E-state index contributed by atoms with van der Waals surface area (Å²) in [5, 5.41) is 4.49. The summed E-state index contributed by atoms with van der Waals surface area (Å²) in [7, 11) is 0. The van der Waals surface area contributed by atoms with Crippen LogP contribution in [0.5, 0.6) is 0 Å². The van der Waals surface area contributed by atoms with E-state index in [-0.39, 0.29) is 17.1 Å². The number of hydrogen-bond donors (Lipinski definition) is 0. The second kappa shape index (κ2) is 5.90. The van der Waals surface area contributed by atoms with Crippen LogP contribution in [0.2, 0.25) is 5.02 Å². The summed E-state index contributed by atoms with van der Waals surface area (Å²) in [6, 6.07) is 1.76. The molecule has 0 aliphatic carbocycles. The zero-order chi connectivity index (χ0) is 17.8. The molecule has 2 saturated heterocycles. The van der Waals surface area contributed by atoms with Gasteiger partial charge in [0.2, 0.25) is 0 Å². The number of aromatic nitrogens is 3. The van der Waals surface area contributed by atoms with Crippen LogP contribution in [0.4, 0.5) is 19.0 Å². The quantitative estimate of drug-likeness (QED) is 0.772. The number of anilines is 1. The third-order valence-electron chi connectivity index (χ3n) is 5.21. The monoisotopic (exact) mass is 370 g/mol. The van der Waals surface area contributed by atoms with Crippen molar-refractivity contribution in [1.82, 2.24) is 14.8 Å². The molecule has 4 heterocycles. The lowest BCUT2D eigenvalue weighted by atomic mass is 9.97. The SMILES string of the molecule is Cc1cnn(C2CC3CCC(C2)N3c2ncc(C(F)(F)F)cc2Cl)c1. The van der Waals surface area contributed by atoms with E-state index < -0.39 is 11.7 Å². The number of nitrogens with zero attached hydrogens (tertiary/aromatic N) is 4. The minimum atomic E-state index is -4.43. The van der Waals surface area contributed by atoms with E-state index in [1.54, 1.807) is 0 Å². The molecule has 0 N–H and O–H groups in total. The van der Waals surface area contributed by atoms with E-state index in [1.807, 2.05) is 24.0 Å². The van der Waals surface area contributed by atoms with Gasteiger partial charge in [-0.1, -0.05) is 11.6 Å². The lowest BCUT2D eigenvalue weighted by molar-refractivity contribution is -0.137. The van der Waals surface area contributed by atoms with E-state index in [2.05, 4.69) is 15.0 Å². The van der Waals surface area contributed by atoms with Gasteiger partial charge in [-0.15, -0.1) is 0 Å². The van der Waals surface area contributed by atoms with E-state index in [1.165, 1.54) is 0 Å². The molecule has 134 valence electrons. The number of halogens is 4. The molecule has 0 spiro atoms. The van der Waals surface area contributed by atoms with Crippen LogP contribution < -0.4 is 4.90 Å². The fourth-order valence-corrected chi connectivity index (χ4v) is 4.38. The molecule has 0 aromatic carbocycles. The predicted molar refractivity (Wildman–Crippen MR) is 88.8 cm³/mol. The normalized spacial score (nSPS) is 26.3. The lowest BCUT2D eigenvalue weighted by Gasteiger charge is -2.40. The van der Waals surface area contributed by atoms with Crippen LogP contribution in [-0.4, -0.2) is 26.8 Å². The summed E-state index contributed by atoms with van der Waals surface area (Å²) >= 11 is 6.16. The molecule has 0 amide bonds. The first-order chi connectivity index (χ1) is 11.8. The van der Waals surface area contributed by atoms with Crippen molar-refractivity contribution in [2.24, 2.45) is 0 Å². The largest absolute Gasteiger partial charge is 0.417 e. The second-order valence-corrected chi connectivity index (χ2v) is 7.35. The molecule has 0 saturated carbocycles. The highest BCUT2D eigenvalue weighted by Gasteiger charge is 2.43. The number of pyridine rings is 1. The molecule has 8 heteroatoms. The molecular weight excluding hydrogens is 353 g/mol. The van der Waals surface area contributed by atoms with Crippen LogP contribution in [0.15, 0.2) is 24.7 Å². The molecule has 2 aromatic heterocycles. The Labute approximate surface area is 148 Å². The van der Waals surface area contributed by atoms with Crippen molar-refractivity contribution in [2.45, 2.75) is 56.9 Å². The van der Waals surface area contributed by atoms with Gasteiger partial charge in [-0.2, -0.15) is 18.3 Å². The van der Waals surface area contributed by atoms with E-state index in [0.717, 1.165) is 43.5 Å². The van der Waals surface area contributed by atoms with Crippen molar-refractivity contribution >= 4 is 17.4 Å². The third kappa shape index (κ3) is 2.99. The summed E-state index contributed by atoms with van der Waals surface area (Å²) in [5.74, 6) is 0.470. The molecule has 25 heavy (non-hydrogen) atoms. The minimum absolute atomic E-state index is 0.0695. The van der Waals surface area contributed by atoms with Crippen molar-refractivity contribution in [1.29, 1.82) is 0 Å². The summed E-state index contributed by atoms with van der Waals surface area (Å²) in [5.41, 5.74) is 0.317. The van der Waals surface area contributed by atoms with Gasteiger partial charge >= 0.3 is 6.18 Å². The van der Waals surface area contributed by atoms with Gasteiger partial charge in [0.15, 0.2) is 0 Å². The van der Waals surface area contributed by atoms with Gasteiger partial charge in [-0.3, -0.25) is 4.68 Å². The smallest absolute Gasteiger partial charge is 0.349 e.